The van der Waals surface area contributed by atoms with Crippen LogP contribution in [-0.2, 0) is 14.9 Å². The third-order valence-corrected chi connectivity index (χ3v) is 5.80. The van der Waals surface area contributed by atoms with Crippen LogP contribution in [0.25, 0.3) is 0 Å². The summed E-state index contributed by atoms with van der Waals surface area (Å²) in [6, 6.07) is 15.4. The van der Waals surface area contributed by atoms with Crippen molar-refractivity contribution in [3.63, 3.8) is 0 Å². The number of aryl methyl sites for hydroxylation is 2. The molecule has 0 saturated carbocycles. The van der Waals surface area contributed by atoms with Gasteiger partial charge in [-0.25, -0.2) is 9.18 Å². The lowest BCUT2D eigenvalue weighted by Crippen LogP contribution is -2.17. The zero-order valence-corrected chi connectivity index (χ0v) is 17.6. The summed E-state index contributed by atoms with van der Waals surface area (Å²) < 4.78 is 48.8. The van der Waals surface area contributed by atoms with Gasteiger partial charge in [-0.3, -0.25) is 4.79 Å². The second-order valence-corrected chi connectivity index (χ2v) is 8.32. The molecular formula is C23H19FO6S. The van der Waals surface area contributed by atoms with Crippen molar-refractivity contribution in [3.05, 3.63) is 94.8 Å². The number of hydrogen-bond acceptors (Lipinski definition) is 6. The maximum Gasteiger partial charge on any atom is 0.342 e. The Morgan fingerprint density at radius 1 is 0.935 bits per heavy atom. The van der Waals surface area contributed by atoms with Gasteiger partial charge in [0.05, 0.1) is 0 Å². The SMILES string of the molecule is Cc1ccc(C)c(S(=O)(=O)Oc2ccccc2C(=O)OCC(=O)c2ccc(F)cc2)c1. The molecule has 0 radical (unpaired) electrons. The van der Waals surface area contributed by atoms with Gasteiger partial charge in [0.1, 0.15) is 16.3 Å². The average Bonchev–Trinajstić information content (AvgIpc) is 2.74. The van der Waals surface area contributed by atoms with E-state index in [0.29, 0.717) is 5.56 Å². The highest BCUT2D eigenvalue weighted by Gasteiger charge is 2.24. The Bertz CT molecular complexity index is 1230. The van der Waals surface area contributed by atoms with Gasteiger partial charge in [-0.1, -0.05) is 24.3 Å². The van der Waals surface area contributed by atoms with Crippen LogP contribution in [0.1, 0.15) is 31.8 Å². The summed E-state index contributed by atoms with van der Waals surface area (Å²) in [5.41, 5.74) is 1.26. The number of halogens is 1. The zero-order valence-electron chi connectivity index (χ0n) is 16.8. The van der Waals surface area contributed by atoms with E-state index < -0.39 is 34.3 Å². The van der Waals surface area contributed by atoms with Gasteiger partial charge in [0.25, 0.3) is 0 Å². The normalized spacial score (nSPS) is 11.1. The fourth-order valence-electron chi connectivity index (χ4n) is 2.78. The van der Waals surface area contributed by atoms with Crippen molar-refractivity contribution < 1.29 is 31.3 Å². The van der Waals surface area contributed by atoms with Crippen molar-refractivity contribution >= 4 is 21.9 Å². The Morgan fingerprint density at radius 2 is 1.61 bits per heavy atom. The Labute approximate surface area is 179 Å². The standard InChI is InChI=1S/C23H19FO6S/c1-15-7-8-16(2)22(13-15)31(27,28)30-21-6-4-3-5-19(21)23(26)29-14-20(25)17-9-11-18(24)12-10-17/h3-13H,14H2,1-2H3. The topological polar surface area (TPSA) is 86.7 Å². The van der Waals surface area contributed by atoms with Gasteiger partial charge in [0.15, 0.2) is 18.1 Å². The molecule has 0 atom stereocenters. The van der Waals surface area contributed by atoms with Crippen LogP contribution in [0.15, 0.2) is 71.6 Å². The molecule has 8 heteroatoms. The minimum atomic E-state index is -4.21. The molecule has 0 aliphatic heterocycles. The van der Waals surface area contributed by atoms with Crippen LogP contribution < -0.4 is 4.18 Å². The van der Waals surface area contributed by atoms with Crippen molar-refractivity contribution in [1.29, 1.82) is 0 Å². The van der Waals surface area contributed by atoms with Crippen molar-refractivity contribution in [2.24, 2.45) is 0 Å². The molecule has 3 aromatic carbocycles. The van der Waals surface area contributed by atoms with E-state index in [1.54, 1.807) is 26.0 Å². The number of carbonyl (C=O) groups is 2. The number of Topliss-reactive ketones (excluding diaryl/α,β-unsaturated/α-hetero) is 1. The first-order valence-electron chi connectivity index (χ1n) is 9.24. The Balaban J connectivity index is 1.78. The van der Waals surface area contributed by atoms with Gasteiger partial charge in [-0.05, 0) is 67.4 Å². The third-order valence-electron chi connectivity index (χ3n) is 4.42. The van der Waals surface area contributed by atoms with Crippen LogP contribution in [0.4, 0.5) is 4.39 Å². The van der Waals surface area contributed by atoms with Gasteiger partial charge >= 0.3 is 16.1 Å². The summed E-state index contributed by atoms with van der Waals surface area (Å²) in [5, 5.41) is 0. The quantitative estimate of drug-likeness (QED) is 0.309. The molecule has 0 saturated heterocycles. The second kappa shape index (κ2) is 9.09. The predicted octanol–water partition coefficient (Wildman–Crippen LogP) is 4.25. The van der Waals surface area contributed by atoms with Crippen molar-refractivity contribution in [2.45, 2.75) is 18.7 Å². The zero-order chi connectivity index (χ0) is 22.6. The minimum absolute atomic E-state index is 0.0119. The molecule has 0 N–H and O–H groups in total. The van der Waals surface area contributed by atoms with E-state index in [-0.39, 0.29) is 21.8 Å². The molecule has 31 heavy (non-hydrogen) atoms. The van der Waals surface area contributed by atoms with E-state index >= 15 is 0 Å². The lowest BCUT2D eigenvalue weighted by molar-refractivity contribution is 0.0473. The second-order valence-electron chi connectivity index (χ2n) is 6.81. The molecule has 0 spiro atoms. The fourth-order valence-corrected chi connectivity index (χ4v) is 4.04. The number of esters is 1. The molecular weight excluding hydrogens is 423 g/mol. The molecule has 160 valence electrons. The number of ether oxygens (including phenoxy) is 1. The first-order valence-corrected chi connectivity index (χ1v) is 10.6. The lowest BCUT2D eigenvalue weighted by atomic mass is 10.1. The van der Waals surface area contributed by atoms with Crippen LogP contribution >= 0.6 is 0 Å². The van der Waals surface area contributed by atoms with Crippen molar-refractivity contribution in [2.75, 3.05) is 6.61 Å². The first kappa shape index (κ1) is 22.2. The summed E-state index contributed by atoms with van der Waals surface area (Å²) in [6.07, 6.45) is 0. The average molecular weight is 442 g/mol. The van der Waals surface area contributed by atoms with Gasteiger partial charge in [-0.15, -0.1) is 0 Å². The molecule has 0 heterocycles. The van der Waals surface area contributed by atoms with E-state index in [9.17, 15) is 22.4 Å². The number of hydrogen-bond donors (Lipinski definition) is 0. The highest BCUT2D eigenvalue weighted by atomic mass is 32.2. The van der Waals surface area contributed by atoms with E-state index in [4.69, 9.17) is 8.92 Å². The Hall–Kier alpha value is -3.52. The number of ketones is 1. The van der Waals surface area contributed by atoms with Crippen LogP contribution in [-0.4, -0.2) is 26.8 Å². The maximum absolute atomic E-state index is 13.0. The largest absolute Gasteiger partial charge is 0.454 e. The van der Waals surface area contributed by atoms with Gasteiger partial charge < -0.3 is 8.92 Å². The number of benzene rings is 3. The molecule has 0 bridgehead atoms. The van der Waals surface area contributed by atoms with Crippen LogP contribution in [0.2, 0.25) is 0 Å². The van der Waals surface area contributed by atoms with Gasteiger partial charge in [0.2, 0.25) is 0 Å². The summed E-state index contributed by atoms with van der Waals surface area (Å²) in [6.45, 7) is 2.79. The Morgan fingerprint density at radius 3 is 2.32 bits per heavy atom. The molecule has 0 aliphatic carbocycles. The maximum atomic E-state index is 13.0. The molecule has 0 aliphatic rings. The molecule has 0 aromatic heterocycles. The third kappa shape index (κ3) is 5.35. The summed E-state index contributed by atoms with van der Waals surface area (Å²) in [7, 11) is -4.21. The van der Waals surface area contributed by atoms with E-state index in [1.807, 2.05) is 0 Å². The molecule has 0 fully saturated rings. The van der Waals surface area contributed by atoms with E-state index in [0.717, 1.165) is 17.7 Å². The van der Waals surface area contributed by atoms with E-state index in [1.165, 1.54) is 42.5 Å². The van der Waals surface area contributed by atoms with Crippen molar-refractivity contribution in [3.8, 4) is 5.75 Å². The molecule has 3 aromatic rings. The minimum Gasteiger partial charge on any atom is -0.454 e. The number of para-hydroxylation sites is 1. The highest BCUT2D eigenvalue weighted by molar-refractivity contribution is 7.87. The number of rotatable bonds is 7. The van der Waals surface area contributed by atoms with E-state index in [2.05, 4.69) is 0 Å². The fraction of sp³-hybridized carbons (Fsp3) is 0.130. The molecule has 0 unspecified atom stereocenters. The summed E-state index contributed by atoms with van der Waals surface area (Å²) in [5.74, 6) is -2.18. The monoisotopic (exact) mass is 442 g/mol. The van der Waals surface area contributed by atoms with Crippen LogP contribution in [0.5, 0.6) is 5.75 Å². The Kier molecular flexibility index (Phi) is 6.50. The molecule has 3 rings (SSSR count). The van der Waals surface area contributed by atoms with Gasteiger partial charge in [-0.2, -0.15) is 8.42 Å². The van der Waals surface area contributed by atoms with Crippen LogP contribution in [0, 0.1) is 19.7 Å². The highest BCUT2D eigenvalue weighted by Crippen LogP contribution is 2.26. The van der Waals surface area contributed by atoms with Crippen molar-refractivity contribution in [1.82, 2.24) is 0 Å². The molecule has 0 amide bonds. The first-order chi connectivity index (χ1) is 14.7. The summed E-state index contributed by atoms with van der Waals surface area (Å²) in [4.78, 5) is 24.6. The predicted molar refractivity (Wildman–Crippen MR) is 111 cm³/mol. The smallest absolute Gasteiger partial charge is 0.342 e. The summed E-state index contributed by atoms with van der Waals surface area (Å²) >= 11 is 0. The lowest BCUT2D eigenvalue weighted by Gasteiger charge is -2.13. The number of carbonyl (C=O) groups excluding carboxylic acids is 2. The van der Waals surface area contributed by atoms with Gasteiger partial charge in [0, 0.05) is 5.56 Å². The molecule has 6 nitrogen and oxygen atoms in total. The van der Waals surface area contributed by atoms with Crippen LogP contribution in [0.3, 0.4) is 0 Å².